The van der Waals surface area contributed by atoms with Crippen LogP contribution >= 0.6 is 15.9 Å². The van der Waals surface area contributed by atoms with Gasteiger partial charge in [0.05, 0.1) is 13.2 Å². The summed E-state index contributed by atoms with van der Waals surface area (Å²) in [6, 6.07) is 0. The highest BCUT2D eigenvalue weighted by atomic mass is 79.9. The molecule has 15 heavy (non-hydrogen) atoms. The molecule has 0 radical (unpaired) electrons. The maximum atomic E-state index is 9.49. The molecule has 1 heterocycles. The number of ether oxygens (including phenoxy) is 2. The summed E-state index contributed by atoms with van der Waals surface area (Å²) in [5.74, 6) is 0. The quantitative estimate of drug-likeness (QED) is 0.455. The largest absolute Gasteiger partial charge is 0.394 e. The van der Waals surface area contributed by atoms with Gasteiger partial charge in [-0.25, -0.2) is 0 Å². The molecule has 90 valence electrons. The van der Waals surface area contributed by atoms with E-state index in [2.05, 4.69) is 15.9 Å². The molecular formula is C8H15BrO6. The van der Waals surface area contributed by atoms with Crippen LogP contribution in [0.3, 0.4) is 0 Å². The number of hydrogen-bond acceptors (Lipinski definition) is 6. The van der Waals surface area contributed by atoms with Gasteiger partial charge < -0.3 is 29.9 Å². The van der Waals surface area contributed by atoms with Crippen LogP contribution in [-0.4, -0.2) is 69.7 Å². The van der Waals surface area contributed by atoms with Crippen LogP contribution in [0.25, 0.3) is 0 Å². The highest BCUT2D eigenvalue weighted by Gasteiger charge is 2.43. The van der Waals surface area contributed by atoms with E-state index < -0.39 is 37.3 Å². The molecule has 4 N–H and O–H groups in total. The second-order valence-corrected chi connectivity index (χ2v) is 4.05. The molecular weight excluding hydrogens is 272 g/mol. The van der Waals surface area contributed by atoms with Crippen molar-refractivity contribution in [2.75, 3.05) is 18.5 Å². The smallest absolute Gasteiger partial charge is 0.186 e. The minimum atomic E-state index is -1.38. The van der Waals surface area contributed by atoms with Crippen molar-refractivity contribution >= 4 is 15.9 Å². The fraction of sp³-hybridized carbons (Fsp3) is 1.00. The van der Waals surface area contributed by atoms with Crippen molar-refractivity contribution in [3.05, 3.63) is 0 Å². The zero-order chi connectivity index (χ0) is 11.4. The zero-order valence-electron chi connectivity index (χ0n) is 7.99. The number of rotatable bonds is 4. The molecule has 1 aliphatic heterocycles. The van der Waals surface area contributed by atoms with Crippen molar-refractivity contribution in [1.82, 2.24) is 0 Å². The first-order valence-electron chi connectivity index (χ1n) is 4.60. The maximum Gasteiger partial charge on any atom is 0.186 e. The van der Waals surface area contributed by atoms with Crippen LogP contribution in [0.2, 0.25) is 0 Å². The Morgan fingerprint density at radius 2 is 1.80 bits per heavy atom. The maximum absolute atomic E-state index is 9.49. The lowest BCUT2D eigenvalue weighted by Crippen LogP contribution is -2.59. The van der Waals surface area contributed by atoms with Crippen molar-refractivity contribution in [3.63, 3.8) is 0 Å². The summed E-state index contributed by atoms with van der Waals surface area (Å²) in [6.45, 7) is -0.151. The molecule has 2 unspecified atom stereocenters. The van der Waals surface area contributed by atoms with Gasteiger partial charge in [-0.1, -0.05) is 15.9 Å². The van der Waals surface area contributed by atoms with Gasteiger partial charge in [0.25, 0.3) is 0 Å². The lowest BCUT2D eigenvalue weighted by molar-refractivity contribution is -0.299. The van der Waals surface area contributed by atoms with Gasteiger partial charge in [0.2, 0.25) is 0 Å². The summed E-state index contributed by atoms with van der Waals surface area (Å²) in [4.78, 5) is 0. The van der Waals surface area contributed by atoms with E-state index >= 15 is 0 Å². The van der Waals surface area contributed by atoms with Gasteiger partial charge in [0.15, 0.2) is 6.29 Å². The van der Waals surface area contributed by atoms with Gasteiger partial charge in [0, 0.05) is 5.33 Å². The van der Waals surface area contributed by atoms with Crippen LogP contribution in [0.5, 0.6) is 0 Å². The third kappa shape index (κ3) is 3.10. The number of alkyl halides is 1. The predicted octanol–water partition coefficient (Wildman–Crippen LogP) is -1.80. The minimum absolute atomic E-state index is 0.294. The second kappa shape index (κ2) is 6.09. The summed E-state index contributed by atoms with van der Waals surface area (Å²) in [7, 11) is 0. The average Bonchev–Trinajstić information content (AvgIpc) is 2.25. The van der Waals surface area contributed by atoms with Crippen molar-refractivity contribution in [2.24, 2.45) is 0 Å². The van der Waals surface area contributed by atoms with Crippen molar-refractivity contribution in [3.8, 4) is 0 Å². The first kappa shape index (κ1) is 13.3. The summed E-state index contributed by atoms with van der Waals surface area (Å²) in [5.41, 5.74) is 0. The van der Waals surface area contributed by atoms with Crippen LogP contribution in [-0.2, 0) is 9.47 Å². The molecule has 1 aliphatic rings. The lowest BCUT2D eigenvalue weighted by Gasteiger charge is -2.39. The van der Waals surface area contributed by atoms with Crippen LogP contribution < -0.4 is 0 Å². The number of aliphatic hydroxyl groups excluding tert-OH is 4. The van der Waals surface area contributed by atoms with Gasteiger partial charge in [0.1, 0.15) is 24.4 Å². The highest BCUT2D eigenvalue weighted by molar-refractivity contribution is 9.09. The molecule has 5 atom stereocenters. The standard InChI is InChI=1S/C8H15BrO6/c9-1-2-14-8-7(13)6(12)5(11)4(3-10)15-8/h4-8,10-13H,1-3H2/t4?,5-,6?,7-,8+/m1/s1. The Kier molecular flexibility index (Phi) is 5.41. The average molecular weight is 287 g/mol. The third-order valence-electron chi connectivity index (χ3n) is 2.21. The summed E-state index contributed by atoms with van der Waals surface area (Å²) >= 11 is 3.13. The Bertz CT molecular complexity index is 190. The number of hydrogen-bond donors (Lipinski definition) is 4. The third-order valence-corrected chi connectivity index (χ3v) is 2.53. The summed E-state index contributed by atoms with van der Waals surface area (Å²) in [5, 5.41) is 37.7. The van der Waals surface area contributed by atoms with Crippen LogP contribution in [0.15, 0.2) is 0 Å². The fourth-order valence-corrected chi connectivity index (χ4v) is 1.55. The highest BCUT2D eigenvalue weighted by Crippen LogP contribution is 2.21. The Balaban J connectivity index is 2.57. The molecule has 0 saturated carbocycles. The van der Waals surface area contributed by atoms with Gasteiger partial charge in [-0.3, -0.25) is 0 Å². The van der Waals surface area contributed by atoms with Gasteiger partial charge >= 0.3 is 0 Å². The van der Waals surface area contributed by atoms with E-state index in [1.54, 1.807) is 0 Å². The molecule has 0 aromatic heterocycles. The molecule has 0 aliphatic carbocycles. The molecule has 0 bridgehead atoms. The van der Waals surface area contributed by atoms with Crippen molar-refractivity contribution in [2.45, 2.75) is 30.7 Å². The SMILES string of the molecule is OCC1O[C@H](OCCBr)[C@H](O)C(O)[C@@H]1O. The second-order valence-electron chi connectivity index (χ2n) is 3.26. The molecule has 1 rings (SSSR count). The van der Waals surface area contributed by atoms with E-state index in [9.17, 15) is 15.3 Å². The lowest BCUT2D eigenvalue weighted by atomic mass is 9.99. The van der Waals surface area contributed by atoms with E-state index in [0.29, 0.717) is 11.9 Å². The molecule has 7 heteroatoms. The Morgan fingerprint density at radius 1 is 1.13 bits per heavy atom. The Morgan fingerprint density at radius 3 is 2.33 bits per heavy atom. The normalized spacial score (nSPS) is 41.8. The fourth-order valence-electron chi connectivity index (χ4n) is 1.37. The summed E-state index contributed by atoms with van der Waals surface area (Å²) in [6.07, 6.45) is -5.98. The van der Waals surface area contributed by atoms with Crippen LogP contribution in [0.4, 0.5) is 0 Å². The topological polar surface area (TPSA) is 99.4 Å². The van der Waals surface area contributed by atoms with Crippen molar-refractivity contribution in [1.29, 1.82) is 0 Å². The van der Waals surface area contributed by atoms with Gasteiger partial charge in [-0.15, -0.1) is 0 Å². The Hall–Kier alpha value is 0.240. The monoisotopic (exact) mass is 286 g/mol. The van der Waals surface area contributed by atoms with Crippen LogP contribution in [0.1, 0.15) is 0 Å². The predicted molar refractivity (Wildman–Crippen MR) is 53.5 cm³/mol. The molecule has 0 aromatic carbocycles. The minimum Gasteiger partial charge on any atom is -0.394 e. The molecule has 0 spiro atoms. The molecule has 0 aromatic rings. The van der Waals surface area contributed by atoms with E-state index in [1.165, 1.54) is 0 Å². The van der Waals surface area contributed by atoms with Crippen molar-refractivity contribution < 1.29 is 29.9 Å². The first-order chi connectivity index (χ1) is 7.11. The molecule has 1 saturated heterocycles. The van der Waals surface area contributed by atoms with E-state index in [1.807, 2.05) is 0 Å². The number of aliphatic hydroxyl groups is 4. The Labute approximate surface area is 95.6 Å². The van der Waals surface area contributed by atoms with Crippen LogP contribution in [0, 0.1) is 0 Å². The zero-order valence-corrected chi connectivity index (χ0v) is 9.58. The first-order valence-corrected chi connectivity index (χ1v) is 5.72. The van der Waals surface area contributed by atoms with Gasteiger partial charge in [-0.2, -0.15) is 0 Å². The van der Waals surface area contributed by atoms with Gasteiger partial charge in [-0.05, 0) is 0 Å². The van der Waals surface area contributed by atoms with E-state index in [4.69, 9.17) is 14.6 Å². The molecule has 0 amide bonds. The summed E-state index contributed by atoms with van der Waals surface area (Å²) < 4.78 is 10.2. The number of halogens is 1. The molecule has 1 fully saturated rings. The van der Waals surface area contributed by atoms with E-state index in [0.717, 1.165) is 0 Å². The molecule has 6 nitrogen and oxygen atoms in total. The van der Waals surface area contributed by atoms with E-state index in [-0.39, 0.29) is 0 Å².